The molecule has 1 aromatic carbocycles. The second-order valence-corrected chi connectivity index (χ2v) is 9.07. The molecular weight excluding hydrogens is 428 g/mol. The van der Waals surface area contributed by atoms with E-state index in [9.17, 15) is 10.1 Å². The lowest BCUT2D eigenvalue weighted by atomic mass is 10.0. The fraction of sp³-hybridized carbons (Fsp3) is 0.385. The van der Waals surface area contributed by atoms with Crippen LogP contribution in [0.3, 0.4) is 0 Å². The molecule has 1 saturated heterocycles. The van der Waals surface area contributed by atoms with Crippen molar-refractivity contribution in [3.05, 3.63) is 59.4 Å². The van der Waals surface area contributed by atoms with Gasteiger partial charge in [0.1, 0.15) is 11.8 Å². The minimum absolute atomic E-state index is 0.0562. The molecule has 1 atom stereocenters. The molecule has 0 spiro atoms. The molecule has 1 aliphatic heterocycles. The summed E-state index contributed by atoms with van der Waals surface area (Å²) in [6.07, 6.45) is 7.17. The minimum Gasteiger partial charge on any atom is -0.439 e. The molecule has 8 nitrogen and oxygen atoms in total. The number of aryl methyl sites for hydroxylation is 1. The topological polar surface area (TPSA) is 110 Å². The highest BCUT2D eigenvalue weighted by Crippen LogP contribution is 2.41. The Morgan fingerprint density at radius 2 is 1.97 bits per heavy atom. The molecule has 1 unspecified atom stereocenters. The van der Waals surface area contributed by atoms with Gasteiger partial charge >= 0.3 is 0 Å². The van der Waals surface area contributed by atoms with Crippen molar-refractivity contribution in [1.82, 2.24) is 19.7 Å². The number of carbonyl (C=O) groups is 1. The first-order chi connectivity index (χ1) is 16.5. The van der Waals surface area contributed by atoms with Crippen LogP contribution in [0.4, 0.5) is 0 Å². The standard InChI is InChI=1S/C26H28N6O2/c1-31-24(14-22(30-31)18-6-7-18)34-23-13-17(15-27)5-9-20(23)21-10-8-19(16-29-21)25(28)26(33)32-11-3-2-4-12-32/h5,8-10,13-14,16,18,25H,2-4,6-7,11-12,28H2,1H3. The number of nitriles is 1. The number of ether oxygens (including phenoxy) is 1. The molecule has 34 heavy (non-hydrogen) atoms. The van der Waals surface area contributed by atoms with Crippen LogP contribution in [0.1, 0.15) is 60.9 Å². The van der Waals surface area contributed by atoms with Crippen molar-refractivity contribution in [1.29, 1.82) is 5.26 Å². The first-order valence-corrected chi connectivity index (χ1v) is 11.8. The molecule has 1 saturated carbocycles. The average molecular weight is 457 g/mol. The molecule has 2 N–H and O–H groups in total. The number of pyridine rings is 1. The number of hydrogen-bond acceptors (Lipinski definition) is 6. The Labute approximate surface area is 199 Å². The van der Waals surface area contributed by atoms with Gasteiger partial charge in [0, 0.05) is 43.9 Å². The number of nitrogens with two attached hydrogens (primary N) is 1. The van der Waals surface area contributed by atoms with Crippen LogP contribution in [-0.4, -0.2) is 38.7 Å². The normalized spacial score (nSPS) is 16.7. The van der Waals surface area contributed by atoms with Crippen molar-refractivity contribution in [2.45, 2.75) is 44.1 Å². The lowest BCUT2D eigenvalue weighted by Gasteiger charge is -2.29. The van der Waals surface area contributed by atoms with E-state index in [4.69, 9.17) is 10.5 Å². The zero-order chi connectivity index (χ0) is 23.7. The molecule has 2 aliphatic rings. The zero-order valence-corrected chi connectivity index (χ0v) is 19.3. The molecule has 5 rings (SSSR count). The van der Waals surface area contributed by atoms with Gasteiger partial charge in [0.25, 0.3) is 0 Å². The predicted molar refractivity (Wildman–Crippen MR) is 127 cm³/mol. The van der Waals surface area contributed by atoms with Gasteiger partial charge in [0.15, 0.2) is 0 Å². The molecule has 1 aliphatic carbocycles. The number of benzene rings is 1. The largest absolute Gasteiger partial charge is 0.439 e. The van der Waals surface area contributed by atoms with Crippen molar-refractivity contribution < 1.29 is 9.53 Å². The van der Waals surface area contributed by atoms with Gasteiger partial charge in [-0.05, 0) is 61.9 Å². The molecule has 2 aromatic heterocycles. The number of carbonyl (C=O) groups excluding carboxylic acids is 1. The van der Waals surface area contributed by atoms with Crippen LogP contribution in [0, 0.1) is 11.3 Å². The maximum absolute atomic E-state index is 12.8. The number of hydrogen-bond donors (Lipinski definition) is 1. The van der Waals surface area contributed by atoms with E-state index in [0.717, 1.165) is 56.5 Å². The summed E-state index contributed by atoms with van der Waals surface area (Å²) >= 11 is 0. The summed E-state index contributed by atoms with van der Waals surface area (Å²) in [7, 11) is 1.85. The van der Waals surface area contributed by atoms with Gasteiger partial charge in [-0.25, -0.2) is 4.68 Å². The fourth-order valence-corrected chi connectivity index (χ4v) is 4.35. The highest BCUT2D eigenvalue weighted by Gasteiger charge is 2.28. The van der Waals surface area contributed by atoms with Crippen molar-refractivity contribution in [2.24, 2.45) is 12.8 Å². The van der Waals surface area contributed by atoms with Gasteiger partial charge < -0.3 is 15.4 Å². The summed E-state index contributed by atoms with van der Waals surface area (Å²) < 4.78 is 7.94. The summed E-state index contributed by atoms with van der Waals surface area (Å²) in [6, 6.07) is 12.3. The van der Waals surface area contributed by atoms with E-state index >= 15 is 0 Å². The maximum atomic E-state index is 12.8. The zero-order valence-electron chi connectivity index (χ0n) is 19.3. The third kappa shape index (κ3) is 4.52. The van der Waals surface area contributed by atoms with Crippen molar-refractivity contribution >= 4 is 5.91 Å². The van der Waals surface area contributed by atoms with Gasteiger partial charge in [-0.1, -0.05) is 6.07 Å². The number of amides is 1. The quantitative estimate of drug-likeness (QED) is 0.599. The summed E-state index contributed by atoms with van der Waals surface area (Å²) in [4.78, 5) is 19.2. The Morgan fingerprint density at radius 1 is 1.18 bits per heavy atom. The molecular formula is C26H28N6O2. The maximum Gasteiger partial charge on any atom is 0.244 e. The Kier molecular flexibility index (Phi) is 6.03. The van der Waals surface area contributed by atoms with Crippen LogP contribution >= 0.6 is 0 Å². The average Bonchev–Trinajstić information content (AvgIpc) is 3.67. The second kappa shape index (κ2) is 9.27. The van der Waals surface area contributed by atoms with Gasteiger partial charge in [-0.3, -0.25) is 9.78 Å². The fourth-order valence-electron chi connectivity index (χ4n) is 4.35. The monoisotopic (exact) mass is 456 g/mol. The van der Waals surface area contributed by atoms with Crippen LogP contribution in [0.2, 0.25) is 0 Å². The molecule has 1 amide bonds. The smallest absolute Gasteiger partial charge is 0.244 e. The van der Waals surface area contributed by atoms with Gasteiger partial charge in [-0.15, -0.1) is 0 Å². The Hall–Kier alpha value is -3.70. The summed E-state index contributed by atoms with van der Waals surface area (Å²) in [5, 5.41) is 14.0. The number of likely N-dealkylation sites (tertiary alicyclic amines) is 1. The van der Waals surface area contributed by atoms with Crippen LogP contribution in [0.25, 0.3) is 11.3 Å². The summed E-state index contributed by atoms with van der Waals surface area (Å²) in [5.74, 6) is 1.60. The predicted octanol–water partition coefficient (Wildman–Crippen LogP) is 4.04. The first kappa shape index (κ1) is 22.1. The molecule has 8 heteroatoms. The minimum atomic E-state index is -0.730. The molecule has 3 aromatic rings. The van der Waals surface area contributed by atoms with E-state index in [1.54, 1.807) is 23.0 Å². The summed E-state index contributed by atoms with van der Waals surface area (Å²) in [5.41, 5.74) is 9.90. The Bertz CT molecular complexity index is 1230. The van der Waals surface area contributed by atoms with Crippen LogP contribution in [0.15, 0.2) is 42.6 Å². The lowest BCUT2D eigenvalue weighted by Crippen LogP contribution is -2.41. The lowest BCUT2D eigenvalue weighted by molar-refractivity contribution is -0.133. The van der Waals surface area contributed by atoms with Gasteiger partial charge in [-0.2, -0.15) is 10.4 Å². The van der Waals surface area contributed by atoms with Crippen LogP contribution in [-0.2, 0) is 11.8 Å². The highest BCUT2D eigenvalue weighted by atomic mass is 16.5. The van der Waals surface area contributed by atoms with Crippen molar-refractivity contribution in [2.75, 3.05) is 13.1 Å². The van der Waals surface area contributed by atoms with E-state index in [1.807, 2.05) is 36.2 Å². The Balaban J connectivity index is 1.40. The van der Waals surface area contributed by atoms with E-state index in [-0.39, 0.29) is 5.91 Å². The van der Waals surface area contributed by atoms with Gasteiger partial charge in [0.2, 0.25) is 11.8 Å². The molecule has 3 heterocycles. The molecule has 0 bridgehead atoms. The molecule has 0 radical (unpaired) electrons. The second-order valence-electron chi connectivity index (χ2n) is 9.07. The van der Waals surface area contributed by atoms with E-state index < -0.39 is 6.04 Å². The van der Waals surface area contributed by atoms with Crippen molar-refractivity contribution in [3.8, 4) is 29.0 Å². The number of nitrogens with zero attached hydrogens (tertiary/aromatic N) is 5. The van der Waals surface area contributed by atoms with Crippen LogP contribution < -0.4 is 10.5 Å². The number of piperidine rings is 1. The third-order valence-corrected chi connectivity index (χ3v) is 6.53. The number of aromatic nitrogens is 3. The van der Waals surface area contributed by atoms with E-state index in [2.05, 4.69) is 16.2 Å². The summed E-state index contributed by atoms with van der Waals surface area (Å²) in [6.45, 7) is 1.53. The SMILES string of the molecule is Cn1nc(C2CC2)cc1Oc1cc(C#N)ccc1-c1ccc(C(N)C(=O)N2CCCCC2)cn1. The first-order valence-electron chi connectivity index (χ1n) is 11.8. The van der Waals surface area contributed by atoms with E-state index in [0.29, 0.717) is 34.4 Å². The third-order valence-electron chi connectivity index (χ3n) is 6.53. The Morgan fingerprint density at radius 3 is 2.65 bits per heavy atom. The molecule has 2 fully saturated rings. The van der Waals surface area contributed by atoms with Crippen molar-refractivity contribution in [3.63, 3.8) is 0 Å². The highest BCUT2D eigenvalue weighted by molar-refractivity contribution is 5.83. The number of rotatable bonds is 6. The van der Waals surface area contributed by atoms with E-state index in [1.165, 1.54) is 0 Å². The molecule has 174 valence electrons. The van der Waals surface area contributed by atoms with Crippen LogP contribution in [0.5, 0.6) is 11.6 Å². The van der Waals surface area contributed by atoms with Gasteiger partial charge in [0.05, 0.1) is 23.0 Å².